The van der Waals surface area contributed by atoms with Crippen LogP contribution >= 0.6 is 0 Å². The Balaban J connectivity index is 2.35. The first-order valence-electron chi connectivity index (χ1n) is 3.07. The Morgan fingerprint density at radius 3 is 2.12 bits per heavy atom. The molecule has 0 aliphatic heterocycles. The van der Waals surface area contributed by atoms with Crippen molar-refractivity contribution in [3.8, 4) is 0 Å². The fourth-order valence-electron chi connectivity index (χ4n) is 1.19. The maximum absolute atomic E-state index is 10.5. The van der Waals surface area contributed by atoms with Gasteiger partial charge in [0.05, 0.1) is 0 Å². The normalized spacial score (nSPS) is 21.5. The van der Waals surface area contributed by atoms with Crippen molar-refractivity contribution in [2.24, 2.45) is 0 Å². The molecule has 1 aliphatic rings. The Hall–Kier alpha value is -0.530. The van der Waals surface area contributed by atoms with Crippen LogP contribution in [0, 0.1) is 5.21 Å². The summed E-state index contributed by atoms with van der Waals surface area (Å²) in [4.78, 5) is 0. The highest BCUT2D eigenvalue weighted by Crippen LogP contribution is 2.19. The first-order valence-corrected chi connectivity index (χ1v) is 3.07. The predicted molar refractivity (Wildman–Crippen MR) is 33.0 cm³/mol. The molecule has 0 heterocycles. The second-order valence-electron chi connectivity index (χ2n) is 2.36. The molecule has 0 aromatic rings. The van der Waals surface area contributed by atoms with Gasteiger partial charge >= 0.3 is 0 Å². The van der Waals surface area contributed by atoms with Crippen LogP contribution in [0.2, 0.25) is 0 Å². The van der Waals surface area contributed by atoms with Crippen LogP contribution in [0.1, 0.15) is 25.7 Å². The quantitative estimate of drug-likeness (QED) is 0.217. The predicted octanol–water partition coefficient (Wildman–Crippen LogP) is 1.14. The van der Waals surface area contributed by atoms with Crippen molar-refractivity contribution >= 4 is 6.72 Å². The Labute approximate surface area is 49.4 Å². The molecule has 1 aliphatic carbocycles. The van der Waals surface area contributed by atoms with Crippen molar-refractivity contribution in [3.63, 3.8) is 0 Å². The molecular formula is C6H11NO. The van der Waals surface area contributed by atoms with Gasteiger partial charge in [0.1, 0.15) is 6.72 Å². The molecule has 0 unspecified atom stereocenters. The van der Waals surface area contributed by atoms with Crippen molar-refractivity contribution in [3.05, 3.63) is 5.21 Å². The lowest BCUT2D eigenvalue weighted by Gasteiger charge is -2.06. The van der Waals surface area contributed by atoms with Gasteiger partial charge in [0.25, 0.3) is 0 Å². The van der Waals surface area contributed by atoms with Gasteiger partial charge < -0.3 is 5.21 Å². The van der Waals surface area contributed by atoms with Crippen LogP contribution in [0.5, 0.6) is 0 Å². The lowest BCUT2D eigenvalue weighted by Crippen LogP contribution is -2.14. The SMILES string of the molecule is C=[N+]([O-])C1CCCC1. The maximum atomic E-state index is 10.5. The molecule has 1 saturated carbocycles. The highest BCUT2D eigenvalue weighted by molar-refractivity contribution is 5.15. The molecule has 2 nitrogen and oxygen atoms in total. The van der Waals surface area contributed by atoms with Crippen LogP contribution in [0.25, 0.3) is 0 Å². The summed E-state index contributed by atoms with van der Waals surface area (Å²) in [6.07, 6.45) is 4.51. The molecule has 0 radical (unpaired) electrons. The molecule has 1 rings (SSSR count). The molecule has 0 aromatic heterocycles. The van der Waals surface area contributed by atoms with E-state index in [9.17, 15) is 5.21 Å². The average molecular weight is 113 g/mol. The lowest BCUT2D eigenvalue weighted by atomic mass is 10.3. The summed E-state index contributed by atoms with van der Waals surface area (Å²) >= 11 is 0. The molecule has 0 saturated heterocycles. The number of rotatable bonds is 1. The summed E-state index contributed by atoms with van der Waals surface area (Å²) in [5, 5.41) is 10.5. The molecule has 0 aromatic carbocycles. The number of hydroxylamine groups is 1. The summed E-state index contributed by atoms with van der Waals surface area (Å²) in [5.74, 6) is 0. The van der Waals surface area contributed by atoms with Gasteiger partial charge in [-0.2, -0.15) is 0 Å². The van der Waals surface area contributed by atoms with Gasteiger partial charge in [0.15, 0.2) is 6.04 Å². The van der Waals surface area contributed by atoms with Crippen LogP contribution in [0.15, 0.2) is 0 Å². The standard InChI is InChI=1S/C6H11NO/c1-7(8)6-4-2-3-5-6/h6H,1-5H2. The van der Waals surface area contributed by atoms with Gasteiger partial charge in [-0.15, -0.1) is 0 Å². The first kappa shape index (κ1) is 5.60. The van der Waals surface area contributed by atoms with Crippen LogP contribution in [-0.2, 0) is 0 Å². The smallest absolute Gasteiger partial charge is 0.162 e. The maximum Gasteiger partial charge on any atom is 0.162 e. The third-order valence-corrected chi connectivity index (χ3v) is 1.73. The third-order valence-electron chi connectivity index (χ3n) is 1.73. The summed E-state index contributed by atoms with van der Waals surface area (Å²) in [5.41, 5.74) is 0. The van der Waals surface area contributed by atoms with Gasteiger partial charge in [0.2, 0.25) is 0 Å². The third kappa shape index (κ3) is 0.997. The molecule has 0 amide bonds. The second-order valence-corrected chi connectivity index (χ2v) is 2.36. The van der Waals surface area contributed by atoms with E-state index in [1.165, 1.54) is 12.8 Å². The monoisotopic (exact) mass is 113 g/mol. The van der Waals surface area contributed by atoms with Gasteiger partial charge in [-0.1, -0.05) is 0 Å². The van der Waals surface area contributed by atoms with Crippen molar-refractivity contribution in [2.75, 3.05) is 0 Å². The molecule has 2 heteroatoms. The van der Waals surface area contributed by atoms with Crippen LogP contribution < -0.4 is 0 Å². The highest BCUT2D eigenvalue weighted by Gasteiger charge is 2.19. The van der Waals surface area contributed by atoms with Crippen LogP contribution in [0.4, 0.5) is 0 Å². The first-order chi connectivity index (χ1) is 3.80. The molecular weight excluding hydrogens is 102 g/mol. The minimum absolute atomic E-state index is 0.231. The summed E-state index contributed by atoms with van der Waals surface area (Å²) < 4.78 is 0.840. The Morgan fingerprint density at radius 1 is 1.38 bits per heavy atom. The molecule has 0 atom stereocenters. The van der Waals surface area contributed by atoms with E-state index >= 15 is 0 Å². The molecule has 8 heavy (non-hydrogen) atoms. The van der Waals surface area contributed by atoms with Crippen molar-refractivity contribution in [1.29, 1.82) is 0 Å². The van der Waals surface area contributed by atoms with Crippen molar-refractivity contribution in [1.82, 2.24) is 0 Å². The van der Waals surface area contributed by atoms with E-state index in [0.717, 1.165) is 17.6 Å². The van der Waals surface area contributed by atoms with Gasteiger partial charge in [-0.05, 0) is 12.8 Å². The van der Waals surface area contributed by atoms with Gasteiger partial charge in [-0.3, -0.25) is 0 Å². The number of hydrogen-bond donors (Lipinski definition) is 0. The van der Waals surface area contributed by atoms with Crippen molar-refractivity contribution < 1.29 is 4.74 Å². The van der Waals surface area contributed by atoms with E-state index in [-0.39, 0.29) is 6.04 Å². The molecule has 0 spiro atoms. The lowest BCUT2D eigenvalue weighted by molar-refractivity contribution is -0.490. The van der Waals surface area contributed by atoms with Crippen LogP contribution in [0.3, 0.4) is 0 Å². The molecule has 46 valence electrons. The zero-order valence-corrected chi connectivity index (χ0v) is 4.97. The summed E-state index contributed by atoms with van der Waals surface area (Å²) in [6.45, 7) is 3.30. The van der Waals surface area contributed by atoms with E-state index in [1.807, 2.05) is 0 Å². The summed E-state index contributed by atoms with van der Waals surface area (Å²) in [7, 11) is 0. The van der Waals surface area contributed by atoms with E-state index in [4.69, 9.17) is 0 Å². The Bertz CT molecular complexity index is 94.7. The topological polar surface area (TPSA) is 26.1 Å². The molecule has 0 bridgehead atoms. The van der Waals surface area contributed by atoms with Gasteiger partial charge in [0, 0.05) is 12.8 Å². The van der Waals surface area contributed by atoms with Crippen LogP contribution in [-0.4, -0.2) is 17.5 Å². The highest BCUT2D eigenvalue weighted by atomic mass is 16.5. The fourth-order valence-corrected chi connectivity index (χ4v) is 1.19. The zero-order chi connectivity index (χ0) is 5.98. The molecule has 1 fully saturated rings. The number of nitrogens with zero attached hydrogens (tertiary/aromatic N) is 1. The second kappa shape index (κ2) is 2.16. The largest absolute Gasteiger partial charge is 0.624 e. The van der Waals surface area contributed by atoms with E-state index < -0.39 is 0 Å². The summed E-state index contributed by atoms with van der Waals surface area (Å²) in [6, 6.07) is 0.231. The minimum atomic E-state index is 0.231. The van der Waals surface area contributed by atoms with Crippen molar-refractivity contribution in [2.45, 2.75) is 31.7 Å². The van der Waals surface area contributed by atoms with E-state index in [2.05, 4.69) is 6.72 Å². The molecule has 0 N–H and O–H groups in total. The average Bonchev–Trinajstić information content (AvgIpc) is 2.12. The number of hydrogen-bond acceptors (Lipinski definition) is 1. The van der Waals surface area contributed by atoms with Gasteiger partial charge in [-0.25, -0.2) is 4.74 Å². The fraction of sp³-hybridized carbons (Fsp3) is 0.833. The zero-order valence-electron chi connectivity index (χ0n) is 4.97. The minimum Gasteiger partial charge on any atom is -0.624 e. The Kier molecular flexibility index (Phi) is 1.51. The van der Waals surface area contributed by atoms with E-state index in [1.54, 1.807) is 0 Å². The van der Waals surface area contributed by atoms with E-state index in [0.29, 0.717) is 0 Å². The Morgan fingerprint density at radius 2 is 1.88 bits per heavy atom.